The van der Waals surface area contributed by atoms with E-state index in [1.807, 2.05) is 12.1 Å². The third-order valence-corrected chi connectivity index (χ3v) is 6.13. The van der Waals surface area contributed by atoms with Crippen LogP contribution in [-0.2, 0) is 11.3 Å². The van der Waals surface area contributed by atoms with Gasteiger partial charge in [0.1, 0.15) is 0 Å². The third kappa shape index (κ3) is 3.50. The van der Waals surface area contributed by atoms with E-state index in [4.69, 9.17) is 23.2 Å². The van der Waals surface area contributed by atoms with E-state index >= 15 is 0 Å². The van der Waals surface area contributed by atoms with Crippen LogP contribution in [0.1, 0.15) is 18.4 Å². The predicted octanol–water partition coefficient (Wildman–Crippen LogP) is 3.22. The molecule has 0 aromatic heterocycles. The number of carboxylic acid groups (broad SMARTS) is 1. The first-order valence-electron chi connectivity index (χ1n) is 7.97. The van der Waals surface area contributed by atoms with Crippen molar-refractivity contribution < 1.29 is 9.90 Å². The molecule has 126 valence electrons. The quantitative estimate of drug-likeness (QED) is 0.902. The predicted molar refractivity (Wildman–Crippen MR) is 92.0 cm³/mol. The van der Waals surface area contributed by atoms with E-state index in [2.05, 4.69) is 16.8 Å². The minimum Gasteiger partial charge on any atom is -0.481 e. The lowest BCUT2D eigenvalue weighted by Crippen LogP contribution is -2.44. The maximum absolute atomic E-state index is 11.8. The fraction of sp³-hybridized carbons (Fsp3) is 0.588. The van der Waals surface area contributed by atoms with Gasteiger partial charge in [0.15, 0.2) is 0 Å². The van der Waals surface area contributed by atoms with Gasteiger partial charge < -0.3 is 10.0 Å². The standard InChI is InChI=1S/C17H22Cl2N2O2/c1-20-6-4-17(5-7-20)11-21(10-13(17)16(22)23)9-12-2-3-14(18)15(19)8-12/h2-3,8,13H,4-7,9-11H2,1H3,(H,22,23)/t13-/m1/s1. The summed E-state index contributed by atoms with van der Waals surface area (Å²) in [4.78, 5) is 16.3. The molecule has 1 spiro atoms. The Bertz CT molecular complexity index is 600. The van der Waals surface area contributed by atoms with Crippen LogP contribution >= 0.6 is 23.2 Å². The van der Waals surface area contributed by atoms with Gasteiger partial charge in [-0.1, -0.05) is 29.3 Å². The summed E-state index contributed by atoms with van der Waals surface area (Å²) in [6.45, 7) is 4.13. The second kappa shape index (κ2) is 6.60. The number of rotatable bonds is 3. The minimum absolute atomic E-state index is 0.0887. The van der Waals surface area contributed by atoms with Crippen LogP contribution in [0.25, 0.3) is 0 Å². The van der Waals surface area contributed by atoms with Crippen molar-refractivity contribution in [1.29, 1.82) is 0 Å². The molecule has 2 fully saturated rings. The molecule has 0 unspecified atom stereocenters. The van der Waals surface area contributed by atoms with Gasteiger partial charge in [-0.3, -0.25) is 9.69 Å². The van der Waals surface area contributed by atoms with Gasteiger partial charge in [-0.2, -0.15) is 0 Å². The Morgan fingerprint density at radius 3 is 2.61 bits per heavy atom. The second-order valence-electron chi connectivity index (χ2n) is 6.97. The molecule has 0 aliphatic carbocycles. The number of carboxylic acids is 1. The summed E-state index contributed by atoms with van der Waals surface area (Å²) < 4.78 is 0. The zero-order valence-corrected chi connectivity index (χ0v) is 14.8. The molecule has 2 aliphatic rings. The summed E-state index contributed by atoms with van der Waals surface area (Å²) in [6.07, 6.45) is 1.91. The number of hydrogen-bond donors (Lipinski definition) is 1. The fourth-order valence-corrected chi connectivity index (χ4v) is 4.32. The van der Waals surface area contributed by atoms with Crippen molar-refractivity contribution in [2.24, 2.45) is 11.3 Å². The summed E-state index contributed by atoms with van der Waals surface area (Å²) in [5.41, 5.74) is 0.989. The zero-order chi connectivity index (χ0) is 16.6. The summed E-state index contributed by atoms with van der Waals surface area (Å²) in [5.74, 6) is -0.940. The lowest BCUT2D eigenvalue weighted by Gasteiger charge is -2.40. The topological polar surface area (TPSA) is 43.8 Å². The largest absolute Gasteiger partial charge is 0.481 e. The molecule has 1 N–H and O–H groups in total. The maximum atomic E-state index is 11.8. The van der Waals surface area contributed by atoms with Crippen molar-refractivity contribution in [3.05, 3.63) is 33.8 Å². The van der Waals surface area contributed by atoms with Crippen LogP contribution in [0.5, 0.6) is 0 Å². The second-order valence-corrected chi connectivity index (χ2v) is 7.79. The van der Waals surface area contributed by atoms with Crippen LogP contribution in [0.3, 0.4) is 0 Å². The van der Waals surface area contributed by atoms with Gasteiger partial charge in [-0.15, -0.1) is 0 Å². The fourth-order valence-electron chi connectivity index (χ4n) is 4.00. The maximum Gasteiger partial charge on any atom is 0.308 e. The Kier molecular flexibility index (Phi) is 4.88. The van der Waals surface area contributed by atoms with Gasteiger partial charge in [0.05, 0.1) is 16.0 Å². The molecular formula is C17H22Cl2N2O2. The molecule has 1 aromatic rings. The molecule has 4 nitrogen and oxygen atoms in total. The van der Waals surface area contributed by atoms with Crippen LogP contribution in [0, 0.1) is 11.3 Å². The average molecular weight is 357 g/mol. The van der Waals surface area contributed by atoms with Gasteiger partial charge in [-0.05, 0) is 50.7 Å². The van der Waals surface area contributed by atoms with E-state index in [0.717, 1.165) is 44.6 Å². The summed E-state index contributed by atoms with van der Waals surface area (Å²) in [7, 11) is 2.10. The van der Waals surface area contributed by atoms with E-state index < -0.39 is 5.97 Å². The summed E-state index contributed by atoms with van der Waals surface area (Å²) in [5, 5.41) is 10.8. The molecule has 0 saturated carbocycles. The van der Waals surface area contributed by atoms with Crippen LogP contribution in [0.4, 0.5) is 0 Å². The van der Waals surface area contributed by atoms with Crippen molar-refractivity contribution >= 4 is 29.2 Å². The highest BCUT2D eigenvalue weighted by molar-refractivity contribution is 6.42. The highest BCUT2D eigenvalue weighted by Gasteiger charge is 2.50. The molecule has 2 saturated heterocycles. The van der Waals surface area contributed by atoms with Gasteiger partial charge in [0.2, 0.25) is 0 Å². The minimum atomic E-state index is -0.661. The van der Waals surface area contributed by atoms with Crippen molar-refractivity contribution in [3.63, 3.8) is 0 Å². The number of halogens is 2. The Hall–Kier alpha value is -0.810. The van der Waals surface area contributed by atoms with Crippen LogP contribution in [0.2, 0.25) is 10.0 Å². The van der Waals surface area contributed by atoms with Crippen molar-refractivity contribution in [2.45, 2.75) is 19.4 Å². The van der Waals surface area contributed by atoms with Crippen LogP contribution in [-0.4, -0.2) is 54.1 Å². The molecule has 2 heterocycles. The average Bonchev–Trinajstić information content (AvgIpc) is 2.85. The van der Waals surface area contributed by atoms with E-state index in [1.165, 1.54) is 0 Å². The van der Waals surface area contributed by atoms with Gasteiger partial charge in [0.25, 0.3) is 0 Å². The smallest absolute Gasteiger partial charge is 0.308 e. The molecule has 2 aliphatic heterocycles. The van der Waals surface area contributed by atoms with Crippen LogP contribution in [0.15, 0.2) is 18.2 Å². The number of hydrogen-bond acceptors (Lipinski definition) is 3. The van der Waals surface area contributed by atoms with Crippen molar-refractivity contribution in [2.75, 3.05) is 33.2 Å². The normalized spacial score (nSPS) is 25.1. The first kappa shape index (κ1) is 17.0. The van der Waals surface area contributed by atoms with E-state index in [-0.39, 0.29) is 11.3 Å². The van der Waals surface area contributed by atoms with Crippen molar-refractivity contribution in [3.8, 4) is 0 Å². The number of nitrogens with zero attached hydrogens (tertiary/aromatic N) is 2. The number of likely N-dealkylation sites (tertiary alicyclic amines) is 2. The number of carbonyl (C=O) groups is 1. The SMILES string of the molecule is CN1CCC2(CC1)CN(Cc1ccc(Cl)c(Cl)c1)C[C@@H]2C(=O)O. The first-order chi connectivity index (χ1) is 10.9. The van der Waals surface area contributed by atoms with Crippen LogP contribution < -0.4 is 0 Å². The van der Waals surface area contributed by atoms with Gasteiger partial charge in [-0.25, -0.2) is 0 Å². The molecule has 0 bridgehead atoms. The highest BCUT2D eigenvalue weighted by Crippen LogP contribution is 2.45. The lowest BCUT2D eigenvalue weighted by atomic mass is 9.71. The Labute approximate surface area is 147 Å². The van der Waals surface area contributed by atoms with E-state index in [1.54, 1.807) is 6.07 Å². The first-order valence-corrected chi connectivity index (χ1v) is 8.73. The molecule has 0 radical (unpaired) electrons. The molecule has 0 amide bonds. The molecule has 1 aromatic carbocycles. The third-order valence-electron chi connectivity index (χ3n) is 5.39. The Morgan fingerprint density at radius 1 is 1.30 bits per heavy atom. The van der Waals surface area contributed by atoms with E-state index in [0.29, 0.717) is 16.6 Å². The molecule has 1 atom stereocenters. The zero-order valence-electron chi connectivity index (χ0n) is 13.3. The Balaban J connectivity index is 1.75. The molecule has 23 heavy (non-hydrogen) atoms. The number of piperidine rings is 1. The molecule has 6 heteroatoms. The number of aliphatic carboxylic acids is 1. The molecule has 3 rings (SSSR count). The summed E-state index contributed by atoms with van der Waals surface area (Å²) in [6, 6.07) is 5.64. The summed E-state index contributed by atoms with van der Waals surface area (Å²) >= 11 is 12.1. The molecular weight excluding hydrogens is 335 g/mol. The van der Waals surface area contributed by atoms with Crippen molar-refractivity contribution in [1.82, 2.24) is 9.80 Å². The monoisotopic (exact) mass is 356 g/mol. The highest BCUT2D eigenvalue weighted by atomic mass is 35.5. The van der Waals surface area contributed by atoms with E-state index in [9.17, 15) is 9.90 Å². The Morgan fingerprint density at radius 2 is 2.00 bits per heavy atom. The lowest BCUT2D eigenvalue weighted by molar-refractivity contribution is -0.145. The van der Waals surface area contributed by atoms with Gasteiger partial charge in [0, 0.05) is 25.0 Å². The van der Waals surface area contributed by atoms with Gasteiger partial charge >= 0.3 is 5.97 Å². The number of benzene rings is 1.